The molecule has 0 spiro atoms. The monoisotopic (exact) mass is 324 g/mol. The smallest absolute Gasteiger partial charge is 0.253 e. The summed E-state index contributed by atoms with van der Waals surface area (Å²) < 4.78 is 3.47. The number of amides is 1. The van der Waals surface area contributed by atoms with Gasteiger partial charge in [0, 0.05) is 25.5 Å². The average Bonchev–Trinajstić information content (AvgIpc) is 3.10. The Morgan fingerprint density at radius 1 is 1.41 bits per heavy atom. The van der Waals surface area contributed by atoms with Crippen molar-refractivity contribution in [1.82, 2.24) is 24.9 Å². The van der Waals surface area contributed by atoms with Gasteiger partial charge >= 0.3 is 0 Å². The number of rotatable bonds is 3. The van der Waals surface area contributed by atoms with E-state index < -0.39 is 5.54 Å². The van der Waals surface area contributed by atoms with Gasteiger partial charge in [-0.1, -0.05) is 0 Å². The Balaban J connectivity index is 0.00000176. The van der Waals surface area contributed by atoms with E-state index >= 15 is 0 Å². The molecule has 2 aromatic rings. The molecule has 0 saturated carbocycles. The fourth-order valence-corrected chi connectivity index (χ4v) is 2.88. The molecule has 1 fully saturated rings. The van der Waals surface area contributed by atoms with E-state index in [0.717, 1.165) is 31.6 Å². The van der Waals surface area contributed by atoms with Crippen molar-refractivity contribution in [3.63, 3.8) is 0 Å². The lowest BCUT2D eigenvalue weighted by atomic mass is 9.87. The minimum atomic E-state index is -0.632. The van der Waals surface area contributed by atoms with Crippen LogP contribution in [0, 0.1) is 6.92 Å². The fourth-order valence-electron chi connectivity index (χ4n) is 2.88. The van der Waals surface area contributed by atoms with Crippen molar-refractivity contribution in [2.24, 2.45) is 7.05 Å². The number of carbonyl (C=O) groups is 1. The first-order valence-corrected chi connectivity index (χ1v) is 7.15. The normalized spacial score (nSPS) is 16.8. The third-order valence-electron chi connectivity index (χ3n) is 4.04. The number of aromatic nitrogens is 4. The van der Waals surface area contributed by atoms with E-state index in [1.807, 2.05) is 32.3 Å². The van der Waals surface area contributed by atoms with Crippen molar-refractivity contribution < 1.29 is 4.79 Å². The predicted molar refractivity (Wildman–Crippen MR) is 86.1 cm³/mol. The third kappa shape index (κ3) is 2.86. The molecule has 1 saturated heterocycles. The van der Waals surface area contributed by atoms with Crippen LogP contribution < -0.4 is 10.6 Å². The first kappa shape index (κ1) is 16.5. The molecule has 2 aromatic heterocycles. The van der Waals surface area contributed by atoms with Crippen LogP contribution in [0.2, 0.25) is 0 Å². The molecular weight excluding hydrogens is 304 g/mol. The zero-order valence-electron chi connectivity index (χ0n) is 12.7. The van der Waals surface area contributed by atoms with E-state index in [1.165, 1.54) is 0 Å². The van der Waals surface area contributed by atoms with E-state index in [1.54, 1.807) is 15.6 Å². The lowest BCUT2D eigenvalue weighted by Crippen LogP contribution is -2.52. The topological polar surface area (TPSA) is 76.8 Å². The van der Waals surface area contributed by atoms with E-state index in [9.17, 15) is 4.79 Å². The van der Waals surface area contributed by atoms with E-state index in [4.69, 9.17) is 0 Å². The van der Waals surface area contributed by atoms with Gasteiger partial charge in [-0.25, -0.2) is 0 Å². The maximum absolute atomic E-state index is 12.9. The first-order chi connectivity index (χ1) is 10.1. The molecule has 3 heterocycles. The van der Waals surface area contributed by atoms with Gasteiger partial charge in [-0.2, -0.15) is 10.2 Å². The molecule has 0 radical (unpaired) electrons. The summed E-state index contributed by atoms with van der Waals surface area (Å²) in [5.74, 6) is 0.679. The fraction of sp³-hybridized carbons (Fsp3) is 0.500. The number of carbonyl (C=O) groups excluding carboxylic acids is 1. The van der Waals surface area contributed by atoms with Crippen molar-refractivity contribution in [2.45, 2.75) is 25.3 Å². The van der Waals surface area contributed by atoms with Crippen LogP contribution in [-0.2, 0) is 17.4 Å². The van der Waals surface area contributed by atoms with Gasteiger partial charge in [-0.3, -0.25) is 14.2 Å². The lowest BCUT2D eigenvalue weighted by Gasteiger charge is -2.36. The summed E-state index contributed by atoms with van der Waals surface area (Å²) in [6, 6.07) is 3.72. The Kier molecular flexibility index (Phi) is 4.87. The molecule has 1 aliphatic heterocycles. The molecule has 1 aliphatic rings. The van der Waals surface area contributed by atoms with Crippen LogP contribution in [0.1, 0.15) is 18.5 Å². The second kappa shape index (κ2) is 6.50. The molecule has 1 amide bonds. The standard InChI is InChI=1S/C14H20N6O.ClH/c1-11-10-12(19(2)18-11)17-13(21)14(4-7-15-8-5-14)20-9-3-6-16-20;/h3,6,9-10,15H,4-5,7-8H2,1-2H3,(H,17,21);1H. The maximum atomic E-state index is 12.9. The number of piperidine rings is 1. The zero-order valence-corrected chi connectivity index (χ0v) is 13.6. The van der Waals surface area contributed by atoms with Gasteiger partial charge in [-0.15, -0.1) is 12.4 Å². The summed E-state index contributed by atoms with van der Waals surface area (Å²) in [6.07, 6.45) is 5.01. The SMILES string of the molecule is Cc1cc(NC(=O)C2(n3cccn3)CCNCC2)n(C)n1.Cl. The van der Waals surface area contributed by atoms with Crippen molar-refractivity contribution in [2.75, 3.05) is 18.4 Å². The van der Waals surface area contributed by atoms with Gasteiger partial charge in [0.2, 0.25) is 0 Å². The van der Waals surface area contributed by atoms with Crippen LogP contribution in [-0.4, -0.2) is 38.6 Å². The summed E-state index contributed by atoms with van der Waals surface area (Å²) in [5.41, 5.74) is 0.249. The van der Waals surface area contributed by atoms with Crippen molar-refractivity contribution >= 4 is 24.1 Å². The van der Waals surface area contributed by atoms with Crippen LogP contribution >= 0.6 is 12.4 Å². The Labute approximate surface area is 135 Å². The Bertz CT molecular complexity index is 630. The van der Waals surface area contributed by atoms with Crippen LogP contribution in [0.3, 0.4) is 0 Å². The molecule has 2 N–H and O–H groups in total. The quantitative estimate of drug-likeness (QED) is 0.885. The van der Waals surface area contributed by atoms with Gasteiger partial charge in [-0.05, 0) is 38.9 Å². The average molecular weight is 325 g/mol. The number of nitrogens with one attached hydrogen (secondary N) is 2. The highest BCUT2D eigenvalue weighted by molar-refractivity contribution is 5.96. The van der Waals surface area contributed by atoms with Crippen LogP contribution in [0.4, 0.5) is 5.82 Å². The van der Waals surface area contributed by atoms with E-state index in [-0.39, 0.29) is 18.3 Å². The Morgan fingerprint density at radius 2 is 2.14 bits per heavy atom. The van der Waals surface area contributed by atoms with Gasteiger partial charge in [0.1, 0.15) is 11.4 Å². The summed E-state index contributed by atoms with van der Waals surface area (Å²) in [6.45, 7) is 3.51. The Morgan fingerprint density at radius 3 is 2.68 bits per heavy atom. The lowest BCUT2D eigenvalue weighted by molar-refractivity contribution is -0.126. The van der Waals surface area contributed by atoms with Crippen LogP contribution in [0.15, 0.2) is 24.5 Å². The largest absolute Gasteiger partial charge is 0.317 e. The second-order valence-electron chi connectivity index (χ2n) is 5.48. The molecule has 0 bridgehead atoms. The number of hydrogen-bond donors (Lipinski definition) is 2. The molecule has 7 nitrogen and oxygen atoms in total. The number of hydrogen-bond acceptors (Lipinski definition) is 4. The molecular formula is C14H21ClN6O. The van der Waals surface area contributed by atoms with E-state index in [0.29, 0.717) is 5.82 Å². The van der Waals surface area contributed by atoms with Gasteiger partial charge in [0.25, 0.3) is 5.91 Å². The Hall–Kier alpha value is -1.86. The predicted octanol–water partition coefficient (Wildman–Crippen LogP) is 1.06. The maximum Gasteiger partial charge on any atom is 0.253 e. The molecule has 0 aliphatic carbocycles. The molecule has 0 atom stereocenters. The highest BCUT2D eigenvalue weighted by Gasteiger charge is 2.42. The van der Waals surface area contributed by atoms with Gasteiger partial charge in [0.15, 0.2) is 0 Å². The third-order valence-corrected chi connectivity index (χ3v) is 4.04. The molecule has 0 aromatic carbocycles. The van der Waals surface area contributed by atoms with E-state index in [2.05, 4.69) is 20.8 Å². The second-order valence-corrected chi connectivity index (χ2v) is 5.48. The van der Waals surface area contributed by atoms with Crippen molar-refractivity contribution in [1.29, 1.82) is 0 Å². The van der Waals surface area contributed by atoms with Gasteiger partial charge < -0.3 is 10.6 Å². The number of anilines is 1. The molecule has 8 heteroatoms. The van der Waals surface area contributed by atoms with Crippen LogP contribution in [0.5, 0.6) is 0 Å². The zero-order chi connectivity index (χ0) is 14.9. The summed E-state index contributed by atoms with van der Waals surface area (Å²) in [7, 11) is 1.83. The summed E-state index contributed by atoms with van der Waals surface area (Å²) in [5, 5.41) is 14.9. The summed E-state index contributed by atoms with van der Waals surface area (Å²) >= 11 is 0. The molecule has 0 unspecified atom stereocenters. The minimum Gasteiger partial charge on any atom is -0.317 e. The molecule has 22 heavy (non-hydrogen) atoms. The van der Waals surface area contributed by atoms with Crippen molar-refractivity contribution in [3.05, 3.63) is 30.2 Å². The molecule has 3 rings (SSSR count). The van der Waals surface area contributed by atoms with Crippen LogP contribution in [0.25, 0.3) is 0 Å². The number of aryl methyl sites for hydroxylation is 2. The first-order valence-electron chi connectivity index (χ1n) is 7.15. The number of halogens is 1. The van der Waals surface area contributed by atoms with Crippen molar-refractivity contribution in [3.8, 4) is 0 Å². The molecule has 120 valence electrons. The highest BCUT2D eigenvalue weighted by Crippen LogP contribution is 2.28. The van der Waals surface area contributed by atoms with Gasteiger partial charge in [0.05, 0.1) is 5.69 Å². The minimum absolute atomic E-state index is 0. The summed E-state index contributed by atoms with van der Waals surface area (Å²) in [4.78, 5) is 12.9. The highest BCUT2D eigenvalue weighted by atomic mass is 35.5. The number of nitrogens with zero attached hydrogens (tertiary/aromatic N) is 4.